The van der Waals surface area contributed by atoms with Crippen LogP contribution >= 0.6 is 11.3 Å². The Morgan fingerprint density at radius 1 is 0.864 bits per heavy atom. The Balaban J connectivity index is 2.13. The van der Waals surface area contributed by atoms with E-state index in [1.54, 1.807) is 18.3 Å². The number of fused-ring (bicyclic) bond motifs is 2. The van der Waals surface area contributed by atoms with Crippen LogP contribution in [0.2, 0.25) is 0 Å². The molecule has 4 rings (SSSR count). The van der Waals surface area contributed by atoms with Gasteiger partial charge in [0, 0.05) is 21.4 Å². The summed E-state index contributed by atoms with van der Waals surface area (Å²) >= 11 is 1.64. The van der Waals surface area contributed by atoms with Gasteiger partial charge in [-0.05, 0) is 40.6 Å². The Morgan fingerprint density at radius 3 is 2.00 bits per heavy atom. The van der Waals surface area contributed by atoms with Gasteiger partial charge in [0.05, 0.1) is 0 Å². The lowest BCUT2D eigenvalue weighted by Gasteiger charge is -2.10. The van der Waals surface area contributed by atoms with Crippen molar-refractivity contribution in [1.29, 1.82) is 0 Å². The van der Waals surface area contributed by atoms with Crippen molar-refractivity contribution in [3.05, 3.63) is 71.6 Å². The average Bonchev–Trinajstić information content (AvgIpc) is 3.02. The number of thiophene rings is 1. The maximum Gasteiger partial charge on any atom is 0.160 e. The molecule has 0 fully saturated rings. The Labute approximate surface area is 132 Å². The van der Waals surface area contributed by atoms with E-state index in [-0.39, 0.29) is 5.78 Å². The molecule has 106 valence electrons. The predicted molar refractivity (Wildman–Crippen MR) is 94.8 cm³/mol. The first-order valence-corrected chi connectivity index (χ1v) is 8.12. The summed E-state index contributed by atoms with van der Waals surface area (Å²) in [7, 11) is 0. The molecule has 0 amide bonds. The van der Waals surface area contributed by atoms with Gasteiger partial charge in [0.15, 0.2) is 5.78 Å². The number of rotatable bonds is 2. The number of ketones is 1. The second-order valence-electron chi connectivity index (χ2n) is 5.45. The van der Waals surface area contributed by atoms with Crippen molar-refractivity contribution in [2.75, 3.05) is 0 Å². The molecule has 0 radical (unpaired) electrons. The van der Waals surface area contributed by atoms with Crippen LogP contribution in [0.1, 0.15) is 17.3 Å². The van der Waals surface area contributed by atoms with Crippen LogP contribution in [-0.4, -0.2) is 5.78 Å². The third-order valence-electron chi connectivity index (χ3n) is 4.02. The highest BCUT2D eigenvalue weighted by atomic mass is 32.1. The summed E-state index contributed by atoms with van der Waals surface area (Å²) in [6, 6.07) is 21.1. The second kappa shape index (κ2) is 5.08. The van der Waals surface area contributed by atoms with Crippen molar-refractivity contribution >= 4 is 38.7 Å². The summed E-state index contributed by atoms with van der Waals surface area (Å²) in [5.74, 6) is 0.118. The fraction of sp³-hybridized carbons (Fsp3) is 0.0500. The topological polar surface area (TPSA) is 17.1 Å². The molecule has 0 aliphatic rings. The van der Waals surface area contributed by atoms with Gasteiger partial charge >= 0.3 is 0 Å². The van der Waals surface area contributed by atoms with Crippen molar-refractivity contribution in [1.82, 2.24) is 0 Å². The molecule has 3 aromatic carbocycles. The molecule has 1 heterocycles. The van der Waals surface area contributed by atoms with E-state index in [0.717, 1.165) is 10.4 Å². The maximum absolute atomic E-state index is 11.6. The minimum atomic E-state index is 0.118. The third kappa shape index (κ3) is 2.04. The van der Waals surface area contributed by atoms with E-state index in [9.17, 15) is 4.79 Å². The van der Waals surface area contributed by atoms with E-state index in [0.29, 0.717) is 0 Å². The molecule has 0 N–H and O–H groups in total. The van der Waals surface area contributed by atoms with Crippen molar-refractivity contribution in [3.63, 3.8) is 0 Å². The van der Waals surface area contributed by atoms with Gasteiger partial charge < -0.3 is 0 Å². The Morgan fingerprint density at radius 2 is 1.45 bits per heavy atom. The Bertz CT molecular complexity index is 957. The summed E-state index contributed by atoms with van der Waals surface area (Å²) in [6.45, 7) is 1.62. The van der Waals surface area contributed by atoms with E-state index in [1.807, 2.05) is 11.4 Å². The standard InChI is InChI=1S/C20H14OS/c1-13(21)16-11-19(22-12-16)20-17-8-4-2-6-14(17)10-15-7-3-5-9-18(15)20/h2-12H,1H3. The minimum absolute atomic E-state index is 0.118. The van der Waals surface area contributed by atoms with Crippen molar-refractivity contribution in [2.45, 2.75) is 6.92 Å². The van der Waals surface area contributed by atoms with Gasteiger partial charge in [-0.2, -0.15) is 0 Å². The fourth-order valence-electron chi connectivity index (χ4n) is 2.93. The monoisotopic (exact) mass is 302 g/mol. The number of carbonyl (C=O) groups excluding carboxylic acids is 1. The zero-order chi connectivity index (χ0) is 15.1. The second-order valence-corrected chi connectivity index (χ2v) is 6.36. The van der Waals surface area contributed by atoms with Gasteiger partial charge in [-0.3, -0.25) is 4.79 Å². The van der Waals surface area contributed by atoms with E-state index >= 15 is 0 Å². The molecule has 0 bridgehead atoms. The molecule has 4 aromatic rings. The normalized spacial score (nSPS) is 11.1. The maximum atomic E-state index is 11.6. The van der Waals surface area contributed by atoms with E-state index in [1.165, 1.54) is 27.1 Å². The highest BCUT2D eigenvalue weighted by Crippen LogP contribution is 2.39. The van der Waals surface area contributed by atoms with E-state index in [2.05, 4.69) is 54.6 Å². The van der Waals surface area contributed by atoms with Crippen LogP contribution in [0.5, 0.6) is 0 Å². The van der Waals surface area contributed by atoms with Crippen molar-refractivity contribution < 1.29 is 4.79 Å². The summed E-state index contributed by atoms with van der Waals surface area (Å²) < 4.78 is 0. The summed E-state index contributed by atoms with van der Waals surface area (Å²) in [5.41, 5.74) is 2.02. The number of hydrogen-bond acceptors (Lipinski definition) is 2. The fourth-order valence-corrected chi connectivity index (χ4v) is 3.95. The molecule has 0 saturated carbocycles. The lowest BCUT2D eigenvalue weighted by atomic mass is 9.95. The van der Waals surface area contributed by atoms with E-state index < -0.39 is 0 Å². The highest BCUT2D eigenvalue weighted by molar-refractivity contribution is 7.14. The van der Waals surface area contributed by atoms with Gasteiger partial charge in [0.25, 0.3) is 0 Å². The van der Waals surface area contributed by atoms with Gasteiger partial charge in [-0.25, -0.2) is 0 Å². The lowest BCUT2D eigenvalue weighted by Crippen LogP contribution is -1.87. The summed E-state index contributed by atoms with van der Waals surface area (Å²) in [4.78, 5) is 12.8. The van der Waals surface area contributed by atoms with Crippen LogP contribution in [0.25, 0.3) is 32.0 Å². The lowest BCUT2D eigenvalue weighted by molar-refractivity contribution is 0.101. The molecular formula is C20H14OS. The zero-order valence-electron chi connectivity index (χ0n) is 12.2. The molecule has 0 atom stereocenters. The average molecular weight is 302 g/mol. The molecule has 0 aliphatic carbocycles. The van der Waals surface area contributed by atoms with Crippen LogP contribution in [-0.2, 0) is 0 Å². The largest absolute Gasteiger partial charge is 0.294 e. The molecule has 1 nitrogen and oxygen atoms in total. The van der Waals surface area contributed by atoms with Crippen LogP contribution in [0.4, 0.5) is 0 Å². The number of benzene rings is 3. The predicted octanol–water partition coefficient (Wildman–Crippen LogP) is 5.92. The van der Waals surface area contributed by atoms with Crippen LogP contribution in [0.15, 0.2) is 66.0 Å². The van der Waals surface area contributed by atoms with Crippen LogP contribution < -0.4 is 0 Å². The summed E-state index contributed by atoms with van der Waals surface area (Å²) in [5, 5.41) is 6.88. The zero-order valence-corrected chi connectivity index (χ0v) is 13.0. The van der Waals surface area contributed by atoms with Gasteiger partial charge in [0.2, 0.25) is 0 Å². The first-order chi connectivity index (χ1) is 10.7. The first-order valence-electron chi connectivity index (χ1n) is 7.24. The molecule has 0 spiro atoms. The smallest absolute Gasteiger partial charge is 0.160 e. The molecule has 2 heteroatoms. The van der Waals surface area contributed by atoms with Gasteiger partial charge in [-0.15, -0.1) is 11.3 Å². The van der Waals surface area contributed by atoms with E-state index in [4.69, 9.17) is 0 Å². The van der Waals surface area contributed by atoms with Crippen LogP contribution in [0.3, 0.4) is 0 Å². The van der Waals surface area contributed by atoms with Crippen molar-refractivity contribution in [3.8, 4) is 10.4 Å². The Kier molecular flexibility index (Phi) is 3.05. The third-order valence-corrected chi connectivity index (χ3v) is 4.97. The Hall–Kier alpha value is -2.45. The molecule has 22 heavy (non-hydrogen) atoms. The molecule has 0 unspecified atom stereocenters. The van der Waals surface area contributed by atoms with Gasteiger partial charge in [0.1, 0.15) is 0 Å². The van der Waals surface area contributed by atoms with Crippen LogP contribution in [0, 0.1) is 0 Å². The van der Waals surface area contributed by atoms with Crippen molar-refractivity contribution in [2.24, 2.45) is 0 Å². The number of carbonyl (C=O) groups is 1. The molecule has 0 aliphatic heterocycles. The highest BCUT2D eigenvalue weighted by Gasteiger charge is 2.12. The minimum Gasteiger partial charge on any atom is -0.294 e. The molecule has 0 saturated heterocycles. The number of hydrogen-bond donors (Lipinski definition) is 0. The molecule has 1 aromatic heterocycles. The quantitative estimate of drug-likeness (QED) is 0.331. The SMILES string of the molecule is CC(=O)c1csc(-c2c3ccccc3cc3ccccc23)c1. The first kappa shape index (κ1) is 13.2. The molecular weight excluding hydrogens is 288 g/mol. The summed E-state index contributed by atoms with van der Waals surface area (Å²) in [6.07, 6.45) is 0. The number of Topliss-reactive ketones (excluding diaryl/α,β-unsaturated/α-hetero) is 1. The van der Waals surface area contributed by atoms with Gasteiger partial charge in [-0.1, -0.05) is 48.5 Å².